The van der Waals surface area contributed by atoms with Crippen LogP contribution in [0.25, 0.3) is 0 Å². The van der Waals surface area contributed by atoms with Crippen molar-refractivity contribution in [1.29, 1.82) is 0 Å². The Morgan fingerprint density at radius 3 is 2.56 bits per heavy atom. The maximum atomic E-state index is 11.4. The molecule has 2 aliphatic heterocycles. The molecule has 1 atom stereocenters. The van der Waals surface area contributed by atoms with Crippen molar-refractivity contribution in [3.05, 3.63) is 17.5 Å². The molecule has 1 aromatic heterocycles. The van der Waals surface area contributed by atoms with Crippen molar-refractivity contribution in [1.82, 2.24) is 14.9 Å². The van der Waals surface area contributed by atoms with Gasteiger partial charge in [0.2, 0.25) is 5.95 Å². The van der Waals surface area contributed by atoms with Gasteiger partial charge in [-0.1, -0.05) is 6.42 Å². The number of carboxylic acids is 1. The molecule has 6 heteroatoms. The predicted octanol–water partition coefficient (Wildman–Crippen LogP) is 2.43. The van der Waals surface area contributed by atoms with Gasteiger partial charge in [-0.25, -0.2) is 9.97 Å². The van der Waals surface area contributed by atoms with Crippen LogP contribution in [0.1, 0.15) is 55.8 Å². The van der Waals surface area contributed by atoms with Crippen molar-refractivity contribution in [3.63, 3.8) is 0 Å². The van der Waals surface area contributed by atoms with Crippen molar-refractivity contribution in [3.8, 4) is 0 Å². The van der Waals surface area contributed by atoms with Crippen molar-refractivity contribution in [2.24, 2.45) is 5.41 Å². The Morgan fingerprint density at radius 1 is 1.28 bits per heavy atom. The molecule has 0 amide bonds. The summed E-state index contributed by atoms with van der Waals surface area (Å²) >= 11 is 0. The van der Waals surface area contributed by atoms with Crippen LogP contribution in [-0.2, 0) is 4.79 Å². The van der Waals surface area contributed by atoms with Crippen molar-refractivity contribution >= 4 is 11.9 Å². The normalized spacial score (nSPS) is 26.8. The predicted molar refractivity (Wildman–Crippen MR) is 95.9 cm³/mol. The lowest BCUT2D eigenvalue weighted by Gasteiger charge is -2.39. The van der Waals surface area contributed by atoms with Gasteiger partial charge in [0.25, 0.3) is 0 Å². The number of piperidine rings is 1. The summed E-state index contributed by atoms with van der Waals surface area (Å²) in [4.78, 5) is 25.3. The number of rotatable bonds is 3. The molecule has 136 valence electrons. The third-order valence-corrected chi connectivity index (χ3v) is 6.52. The fourth-order valence-corrected chi connectivity index (χ4v) is 4.72. The SMILES string of the molecule is Cc1cc(C2CCC2)nc(N2CCC3(CC2)CC(C(=O)O)N(C)C3)n1. The lowest BCUT2D eigenvalue weighted by Crippen LogP contribution is -2.42. The van der Waals surface area contributed by atoms with Gasteiger partial charge in [-0.15, -0.1) is 0 Å². The Labute approximate surface area is 149 Å². The van der Waals surface area contributed by atoms with E-state index in [-0.39, 0.29) is 11.5 Å². The van der Waals surface area contributed by atoms with Crippen LogP contribution in [0.3, 0.4) is 0 Å². The Bertz CT molecular complexity index is 665. The summed E-state index contributed by atoms with van der Waals surface area (Å²) in [7, 11) is 1.94. The Balaban J connectivity index is 1.46. The molecule has 4 rings (SSSR count). The van der Waals surface area contributed by atoms with Crippen molar-refractivity contribution in [2.45, 2.75) is 57.4 Å². The Hall–Kier alpha value is -1.69. The van der Waals surface area contributed by atoms with Crippen LogP contribution >= 0.6 is 0 Å². The van der Waals surface area contributed by atoms with Gasteiger partial charge in [-0.3, -0.25) is 9.69 Å². The number of anilines is 1. The molecule has 6 nitrogen and oxygen atoms in total. The van der Waals surface area contributed by atoms with Gasteiger partial charge < -0.3 is 10.0 Å². The second-order valence-electron chi connectivity index (χ2n) is 8.32. The largest absolute Gasteiger partial charge is 0.480 e. The summed E-state index contributed by atoms with van der Waals surface area (Å²) in [6, 6.07) is 1.81. The number of aliphatic carboxylic acids is 1. The van der Waals surface area contributed by atoms with Gasteiger partial charge in [0, 0.05) is 36.9 Å². The van der Waals surface area contributed by atoms with Gasteiger partial charge in [0.15, 0.2) is 0 Å². The fraction of sp³-hybridized carbons (Fsp3) is 0.737. The highest BCUT2D eigenvalue weighted by molar-refractivity contribution is 5.74. The highest BCUT2D eigenvalue weighted by atomic mass is 16.4. The van der Waals surface area contributed by atoms with E-state index in [0.717, 1.165) is 50.5 Å². The molecule has 1 aromatic rings. The average molecular weight is 344 g/mol. The minimum Gasteiger partial charge on any atom is -0.480 e. The molecule has 1 N–H and O–H groups in total. The second kappa shape index (κ2) is 6.24. The first-order valence-corrected chi connectivity index (χ1v) is 9.49. The van der Waals surface area contributed by atoms with Crippen LogP contribution in [-0.4, -0.2) is 58.7 Å². The molecule has 0 aromatic carbocycles. The van der Waals surface area contributed by atoms with Crippen LogP contribution in [0, 0.1) is 12.3 Å². The van der Waals surface area contributed by atoms with E-state index >= 15 is 0 Å². The zero-order valence-corrected chi connectivity index (χ0v) is 15.2. The maximum Gasteiger partial charge on any atom is 0.320 e. The zero-order valence-electron chi connectivity index (χ0n) is 15.2. The number of hydrogen-bond acceptors (Lipinski definition) is 5. The standard InChI is InChI=1S/C19H28N4O2/c1-13-10-15(14-4-3-5-14)21-18(20-13)23-8-6-19(7-9-23)11-16(17(24)25)22(2)12-19/h10,14,16H,3-9,11-12H2,1-2H3,(H,24,25). The first-order valence-electron chi connectivity index (χ1n) is 9.49. The Morgan fingerprint density at radius 2 is 2.00 bits per heavy atom. The number of carboxylic acid groups (broad SMARTS) is 1. The second-order valence-corrected chi connectivity index (χ2v) is 8.32. The van der Waals surface area contributed by atoms with E-state index in [1.165, 1.54) is 25.0 Å². The minimum absolute atomic E-state index is 0.148. The van der Waals surface area contributed by atoms with Crippen LogP contribution in [0.5, 0.6) is 0 Å². The molecule has 0 radical (unpaired) electrons. The van der Waals surface area contributed by atoms with E-state index in [4.69, 9.17) is 4.98 Å². The Kier molecular flexibility index (Phi) is 4.18. The van der Waals surface area contributed by atoms with Crippen molar-refractivity contribution in [2.75, 3.05) is 31.6 Å². The van der Waals surface area contributed by atoms with E-state index in [0.29, 0.717) is 5.92 Å². The monoisotopic (exact) mass is 344 g/mol. The van der Waals surface area contributed by atoms with Crippen LogP contribution in [0.15, 0.2) is 6.07 Å². The smallest absolute Gasteiger partial charge is 0.320 e. The van der Waals surface area contributed by atoms with Gasteiger partial charge in [0.1, 0.15) is 6.04 Å². The lowest BCUT2D eigenvalue weighted by molar-refractivity contribution is -0.141. The van der Waals surface area contributed by atoms with E-state index in [2.05, 4.69) is 22.9 Å². The average Bonchev–Trinajstić information content (AvgIpc) is 2.82. The summed E-state index contributed by atoms with van der Waals surface area (Å²) in [6.45, 7) is 4.80. The van der Waals surface area contributed by atoms with Crippen LogP contribution < -0.4 is 4.90 Å². The molecule has 2 saturated heterocycles. The van der Waals surface area contributed by atoms with E-state index < -0.39 is 5.97 Å². The first-order chi connectivity index (χ1) is 12.0. The van der Waals surface area contributed by atoms with E-state index in [1.54, 1.807) is 0 Å². The lowest BCUT2D eigenvalue weighted by atomic mass is 9.76. The molecule has 1 spiro atoms. The minimum atomic E-state index is -0.686. The van der Waals surface area contributed by atoms with Crippen LogP contribution in [0.4, 0.5) is 5.95 Å². The summed E-state index contributed by atoms with van der Waals surface area (Å²) in [6.07, 6.45) is 6.64. The zero-order chi connectivity index (χ0) is 17.6. The number of carbonyl (C=O) groups is 1. The molecule has 1 unspecified atom stereocenters. The van der Waals surface area contributed by atoms with E-state index in [9.17, 15) is 9.90 Å². The van der Waals surface area contributed by atoms with Gasteiger partial charge in [0.05, 0.1) is 0 Å². The number of likely N-dealkylation sites (N-methyl/N-ethyl adjacent to an activating group) is 1. The fourth-order valence-electron chi connectivity index (χ4n) is 4.72. The molecular formula is C19H28N4O2. The number of likely N-dealkylation sites (tertiary alicyclic amines) is 1. The molecule has 3 heterocycles. The molecule has 1 aliphatic carbocycles. The molecular weight excluding hydrogens is 316 g/mol. The summed E-state index contributed by atoms with van der Waals surface area (Å²) in [5, 5.41) is 9.40. The number of hydrogen-bond donors (Lipinski definition) is 1. The quantitative estimate of drug-likeness (QED) is 0.908. The third kappa shape index (κ3) is 3.12. The molecule has 1 saturated carbocycles. The number of aryl methyl sites for hydroxylation is 1. The molecule has 3 aliphatic rings. The highest BCUT2D eigenvalue weighted by Crippen LogP contribution is 2.43. The van der Waals surface area contributed by atoms with Gasteiger partial charge in [-0.2, -0.15) is 0 Å². The summed E-state index contributed by atoms with van der Waals surface area (Å²) < 4.78 is 0. The maximum absolute atomic E-state index is 11.4. The highest BCUT2D eigenvalue weighted by Gasteiger charge is 2.47. The number of aromatic nitrogens is 2. The topological polar surface area (TPSA) is 69.6 Å². The molecule has 3 fully saturated rings. The first kappa shape index (κ1) is 16.8. The van der Waals surface area contributed by atoms with Crippen molar-refractivity contribution < 1.29 is 9.90 Å². The number of nitrogens with zero attached hydrogens (tertiary/aromatic N) is 4. The van der Waals surface area contributed by atoms with Gasteiger partial charge >= 0.3 is 5.97 Å². The van der Waals surface area contributed by atoms with Crippen LogP contribution in [0.2, 0.25) is 0 Å². The summed E-state index contributed by atoms with van der Waals surface area (Å²) in [5.41, 5.74) is 2.41. The molecule has 0 bridgehead atoms. The van der Waals surface area contributed by atoms with Gasteiger partial charge in [-0.05, 0) is 57.6 Å². The summed E-state index contributed by atoms with van der Waals surface area (Å²) in [5.74, 6) is 0.809. The molecule has 25 heavy (non-hydrogen) atoms. The third-order valence-electron chi connectivity index (χ3n) is 6.52. The van der Waals surface area contributed by atoms with E-state index in [1.807, 2.05) is 11.9 Å².